The Kier molecular flexibility index (Phi) is 6.32. The molecule has 3 aliphatic rings. The summed E-state index contributed by atoms with van der Waals surface area (Å²) < 4.78 is 1.84. The van der Waals surface area contributed by atoms with Crippen LogP contribution in [0.4, 0.5) is 5.69 Å². The molecule has 0 bridgehead atoms. The number of fused-ring (bicyclic) bond motifs is 2. The molecular weight excluding hydrogens is 502 g/mol. The van der Waals surface area contributed by atoms with Crippen LogP contribution in [0.3, 0.4) is 0 Å². The molecule has 7 rings (SSSR count). The summed E-state index contributed by atoms with van der Waals surface area (Å²) in [7, 11) is 2.19. The van der Waals surface area contributed by atoms with Crippen molar-refractivity contribution in [2.45, 2.75) is 25.3 Å². The molecule has 204 valence electrons. The van der Waals surface area contributed by atoms with Gasteiger partial charge >= 0.3 is 0 Å². The summed E-state index contributed by atoms with van der Waals surface area (Å²) in [5, 5.41) is 7.76. The fourth-order valence-electron chi connectivity index (χ4n) is 6.20. The van der Waals surface area contributed by atoms with Gasteiger partial charge in [0, 0.05) is 67.7 Å². The van der Waals surface area contributed by atoms with Gasteiger partial charge in [0.15, 0.2) is 5.65 Å². The molecule has 2 aromatic heterocycles. The molecule has 0 spiro atoms. The number of rotatable bonds is 4. The quantitative estimate of drug-likeness (QED) is 0.431. The maximum Gasteiger partial charge on any atom is 0.253 e. The topological polar surface area (TPSA) is 86.1 Å². The van der Waals surface area contributed by atoms with Gasteiger partial charge in [-0.3, -0.25) is 14.5 Å². The van der Waals surface area contributed by atoms with Gasteiger partial charge in [-0.1, -0.05) is 18.2 Å². The van der Waals surface area contributed by atoms with Crippen LogP contribution < -0.4 is 5.32 Å². The Labute approximate surface area is 233 Å². The number of piperidine rings is 1. The predicted octanol–water partition coefficient (Wildman–Crippen LogP) is 3.41. The minimum absolute atomic E-state index is 0.0165. The monoisotopic (exact) mass is 535 g/mol. The summed E-state index contributed by atoms with van der Waals surface area (Å²) in [5.41, 5.74) is 6.89. The van der Waals surface area contributed by atoms with Crippen LogP contribution in [0.15, 0.2) is 60.8 Å². The number of carbonyl (C=O) groups is 2. The standard InChI is InChI=1S/C31H33N7O2/c1-35-14-16-36(17-15-35)25-10-12-37(13-11-25)31(40)22-4-2-21(3-5-22)27-8-9-29-32-20-28(38(29)34-27)23-6-7-26-24(18-23)19-30(39)33-26/h2-9,18,20,25H,10-17,19H2,1H3,(H,33,39). The molecule has 4 aromatic rings. The van der Waals surface area contributed by atoms with E-state index in [0.29, 0.717) is 18.0 Å². The second-order valence-electron chi connectivity index (χ2n) is 11.2. The summed E-state index contributed by atoms with van der Waals surface area (Å²) >= 11 is 0. The first-order chi connectivity index (χ1) is 19.5. The number of carbonyl (C=O) groups excluding carboxylic acids is 2. The van der Waals surface area contributed by atoms with E-state index in [0.717, 1.165) is 91.5 Å². The summed E-state index contributed by atoms with van der Waals surface area (Å²) in [4.78, 5) is 36.6. The third kappa shape index (κ3) is 4.65. The van der Waals surface area contributed by atoms with Gasteiger partial charge in [-0.15, -0.1) is 0 Å². The van der Waals surface area contributed by atoms with Gasteiger partial charge in [0.2, 0.25) is 5.91 Å². The molecule has 2 amide bonds. The highest BCUT2D eigenvalue weighted by molar-refractivity contribution is 5.99. The van der Waals surface area contributed by atoms with E-state index in [4.69, 9.17) is 5.10 Å². The minimum Gasteiger partial charge on any atom is -0.339 e. The third-order valence-electron chi connectivity index (χ3n) is 8.62. The number of amides is 2. The number of imidazole rings is 1. The number of benzene rings is 2. The second kappa shape index (κ2) is 10.1. The van der Waals surface area contributed by atoms with Gasteiger partial charge in [0.05, 0.1) is 24.0 Å². The fraction of sp³-hybridized carbons (Fsp3) is 0.355. The Morgan fingerprint density at radius 1 is 0.900 bits per heavy atom. The Hall–Kier alpha value is -4.08. The zero-order valence-electron chi connectivity index (χ0n) is 22.7. The Morgan fingerprint density at radius 3 is 2.42 bits per heavy atom. The molecule has 3 aliphatic heterocycles. The highest BCUT2D eigenvalue weighted by atomic mass is 16.2. The summed E-state index contributed by atoms with van der Waals surface area (Å²) in [6.45, 7) is 6.14. The summed E-state index contributed by atoms with van der Waals surface area (Å²) in [6.07, 6.45) is 4.29. The Balaban J connectivity index is 1.05. The highest BCUT2D eigenvalue weighted by Crippen LogP contribution is 2.30. The van der Waals surface area contributed by atoms with Crippen molar-refractivity contribution in [3.63, 3.8) is 0 Å². The van der Waals surface area contributed by atoms with Crippen molar-refractivity contribution in [1.82, 2.24) is 29.3 Å². The fourth-order valence-corrected chi connectivity index (χ4v) is 6.20. The first-order valence-electron chi connectivity index (χ1n) is 14.1. The summed E-state index contributed by atoms with van der Waals surface area (Å²) in [5.74, 6) is 0.121. The lowest BCUT2D eigenvalue weighted by atomic mass is 10.0. The van der Waals surface area contributed by atoms with Crippen LogP contribution >= 0.6 is 0 Å². The van der Waals surface area contributed by atoms with E-state index in [-0.39, 0.29) is 11.8 Å². The summed E-state index contributed by atoms with van der Waals surface area (Å²) in [6, 6.07) is 18.2. The molecule has 2 saturated heterocycles. The van der Waals surface area contributed by atoms with Crippen LogP contribution in [0.25, 0.3) is 28.2 Å². The number of aromatic nitrogens is 3. The van der Waals surface area contributed by atoms with E-state index < -0.39 is 0 Å². The predicted molar refractivity (Wildman–Crippen MR) is 154 cm³/mol. The molecule has 2 aromatic carbocycles. The number of nitrogens with one attached hydrogen (secondary N) is 1. The van der Waals surface area contributed by atoms with Crippen molar-refractivity contribution in [3.8, 4) is 22.5 Å². The molecule has 0 aliphatic carbocycles. The Morgan fingerprint density at radius 2 is 1.65 bits per heavy atom. The van der Waals surface area contributed by atoms with Crippen LogP contribution in [0.2, 0.25) is 0 Å². The molecule has 0 radical (unpaired) electrons. The number of piperazine rings is 1. The maximum absolute atomic E-state index is 13.3. The number of likely N-dealkylation sites (N-methyl/N-ethyl adjacent to an activating group) is 1. The first-order valence-corrected chi connectivity index (χ1v) is 14.1. The van der Waals surface area contributed by atoms with Gasteiger partial charge in [-0.2, -0.15) is 5.10 Å². The smallest absolute Gasteiger partial charge is 0.253 e. The molecule has 1 N–H and O–H groups in total. The highest BCUT2D eigenvalue weighted by Gasteiger charge is 2.29. The van der Waals surface area contributed by atoms with Gasteiger partial charge < -0.3 is 15.1 Å². The lowest BCUT2D eigenvalue weighted by Gasteiger charge is -2.42. The van der Waals surface area contributed by atoms with Gasteiger partial charge in [-0.25, -0.2) is 9.50 Å². The van der Waals surface area contributed by atoms with Crippen LogP contribution in [0, 0.1) is 0 Å². The van der Waals surface area contributed by atoms with E-state index in [2.05, 4.69) is 27.1 Å². The molecular formula is C31H33N7O2. The van der Waals surface area contributed by atoms with Crippen molar-refractivity contribution < 1.29 is 9.59 Å². The van der Waals surface area contributed by atoms with Crippen molar-refractivity contribution in [1.29, 1.82) is 0 Å². The number of hydrogen-bond donors (Lipinski definition) is 1. The van der Waals surface area contributed by atoms with E-state index in [1.54, 1.807) is 0 Å². The average Bonchev–Trinajstić information content (AvgIpc) is 3.59. The molecule has 9 nitrogen and oxygen atoms in total. The van der Waals surface area contributed by atoms with Gasteiger partial charge in [-0.05, 0) is 61.9 Å². The SMILES string of the molecule is CN1CCN(C2CCN(C(=O)c3ccc(-c4ccc5ncc(-c6ccc7c(c6)CC(=O)N7)n5n4)cc3)CC2)CC1. The van der Waals surface area contributed by atoms with Crippen molar-refractivity contribution >= 4 is 23.1 Å². The van der Waals surface area contributed by atoms with Crippen LogP contribution in [-0.4, -0.2) is 93.5 Å². The first kappa shape index (κ1) is 24.9. The number of anilines is 1. The van der Waals surface area contributed by atoms with Crippen LogP contribution in [0.1, 0.15) is 28.8 Å². The van der Waals surface area contributed by atoms with E-state index in [9.17, 15) is 9.59 Å². The third-order valence-corrected chi connectivity index (χ3v) is 8.62. The van der Waals surface area contributed by atoms with Gasteiger partial charge in [0.1, 0.15) is 0 Å². The number of hydrogen-bond acceptors (Lipinski definition) is 6. The zero-order valence-corrected chi connectivity index (χ0v) is 22.7. The number of likely N-dealkylation sites (tertiary alicyclic amines) is 1. The molecule has 9 heteroatoms. The van der Waals surface area contributed by atoms with Crippen molar-refractivity contribution in [2.24, 2.45) is 0 Å². The normalized spacial score (nSPS) is 18.7. The molecule has 0 unspecified atom stereocenters. The molecule has 0 atom stereocenters. The van der Waals surface area contributed by atoms with E-state index in [1.807, 2.05) is 70.2 Å². The maximum atomic E-state index is 13.3. The van der Waals surface area contributed by atoms with Crippen molar-refractivity contribution in [3.05, 3.63) is 71.9 Å². The van der Waals surface area contributed by atoms with Crippen LogP contribution in [0.5, 0.6) is 0 Å². The molecule has 40 heavy (non-hydrogen) atoms. The lowest BCUT2D eigenvalue weighted by molar-refractivity contribution is -0.115. The van der Waals surface area contributed by atoms with Crippen LogP contribution in [-0.2, 0) is 11.2 Å². The second-order valence-corrected chi connectivity index (χ2v) is 11.2. The van der Waals surface area contributed by atoms with E-state index in [1.165, 1.54) is 0 Å². The largest absolute Gasteiger partial charge is 0.339 e. The lowest BCUT2D eigenvalue weighted by Crippen LogP contribution is -2.52. The number of nitrogens with zero attached hydrogens (tertiary/aromatic N) is 6. The van der Waals surface area contributed by atoms with E-state index >= 15 is 0 Å². The average molecular weight is 536 g/mol. The molecule has 5 heterocycles. The molecule has 0 saturated carbocycles. The molecule has 2 fully saturated rings. The minimum atomic E-state index is 0.0165. The Bertz CT molecular complexity index is 1580. The zero-order chi connectivity index (χ0) is 27.2. The van der Waals surface area contributed by atoms with Crippen molar-refractivity contribution in [2.75, 3.05) is 51.6 Å². The van der Waals surface area contributed by atoms with Gasteiger partial charge in [0.25, 0.3) is 5.91 Å².